The SMILES string of the molecule is CCOC(=O)C(CC#N)c1ccccc1. The number of hydrogen-bond acceptors (Lipinski definition) is 3. The predicted molar refractivity (Wildman–Crippen MR) is 56.0 cm³/mol. The molecule has 0 aromatic heterocycles. The van der Waals surface area contributed by atoms with E-state index in [1.54, 1.807) is 6.92 Å². The summed E-state index contributed by atoms with van der Waals surface area (Å²) in [5.41, 5.74) is 0.831. The molecular formula is C12H13NO2. The van der Waals surface area contributed by atoms with Gasteiger partial charge in [0.1, 0.15) is 0 Å². The van der Waals surface area contributed by atoms with Crippen LogP contribution >= 0.6 is 0 Å². The van der Waals surface area contributed by atoms with Gasteiger partial charge in [-0.25, -0.2) is 0 Å². The lowest BCUT2D eigenvalue weighted by Crippen LogP contribution is -2.15. The molecule has 78 valence electrons. The highest BCUT2D eigenvalue weighted by Gasteiger charge is 2.21. The van der Waals surface area contributed by atoms with Crippen LogP contribution in [0.5, 0.6) is 0 Å². The Balaban J connectivity index is 2.84. The van der Waals surface area contributed by atoms with Crippen LogP contribution in [-0.4, -0.2) is 12.6 Å². The summed E-state index contributed by atoms with van der Waals surface area (Å²) in [6, 6.07) is 11.2. The monoisotopic (exact) mass is 203 g/mol. The standard InChI is InChI=1S/C12H13NO2/c1-2-15-12(14)11(8-9-13)10-6-4-3-5-7-10/h3-7,11H,2,8H2,1H3. The zero-order valence-electron chi connectivity index (χ0n) is 8.64. The van der Waals surface area contributed by atoms with Gasteiger partial charge >= 0.3 is 5.97 Å². The van der Waals surface area contributed by atoms with Gasteiger partial charge < -0.3 is 4.74 Å². The number of rotatable bonds is 4. The highest BCUT2D eigenvalue weighted by atomic mass is 16.5. The van der Waals surface area contributed by atoms with E-state index in [0.717, 1.165) is 5.56 Å². The van der Waals surface area contributed by atoms with Gasteiger partial charge in [0.25, 0.3) is 0 Å². The summed E-state index contributed by atoms with van der Waals surface area (Å²) in [5, 5.41) is 8.66. The van der Waals surface area contributed by atoms with Crippen molar-refractivity contribution in [3.63, 3.8) is 0 Å². The van der Waals surface area contributed by atoms with E-state index in [9.17, 15) is 4.79 Å². The average molecular weight is 203 g/mol. The molecule has 1 unspecified atom stereocenters. The van der Waals surface area contributed by atoms with Crippen molar-refractivity contribution in [2.45, 2.75) is 19.3 Å². The first kappa shape index (κ1) is 11.3. The Morgan fingerprint density at radius 1 is 1.47 bits per heavy atom. The molecule has 15 heavy (non-hydrogen) atoms. The van der Waals surface area contributed by atoms with Gasteiger partial charge in [-0.05, 0) is 12.5 Å². The Labute approximate surface area is 89.3 Å². The van der Waals surface area contributed by atoms with Crippen LogP contribution in [0.25, 0.3) is 0 Å². The Morgan fingerprint density at radius 2 is 2.13 bits per heavy atom. The van der Waals surface area contributed by atoms with E-state index in [0.29, 0.717) is 6.61 Å². The van der Waals surface area contributed by atoms with Crippen LogP contribution in [0.1, 0.15) is 24.8 Å². The van der Waals surface area contributed by atoms with Crippen molar-refractivity contribution in [1.82, 2.24) is 0 Å². The third-order valence-electron chi connectivity index (χ3n) is 2.07. The molecule has 3 heteroatoms. The molecule has 0 amide bonds. The molecule has 0 N–H and O–H groups in total. The van der Waals surface area contributed by atoms with E-state index in [4.69, 9.17) is 10.00 Å². The number of hydrogen-bond donors (Lipinski definition) is 0. The topological polar surface area (TPSA) is 50.1 Å². The molecule has 1 aromatic carbocycles. The molecule has 0 aliphatic carbocycles. The maximum absolute atomic E-state index is 11.6. The van der Waals surface area contributed by atoms with Crippen molar-refractivity contribution in [2.75, 3.05) is 6.61 Å². The third-order valence-corrected chi connectivity index (χ3v) is 2.07. The van der Waals surface area contributed by atoms with Crippen molar-refractivity contribution >= 4 is 5.97 Å². The lowest BCUT2D eigenvalue weighted by atomic mass is 9.97. The van der Waals surface area contributed by atoms with Gasteiger partial charge in [-0.2, -0.15) is 5.26 Å². The second kappa shape index (κ2) is 5.82. The average Bonchev–Trinajstić information content (AvgIpc) is 2.27. The molecular weight excluding hydrogens is 190 g/mol. The zero-order chi connectivity index (χ0) is 11.1. The van der Waals surface area contributed by atoms with Crippen LogP contribution in [0, 0.1) is 11.3 Å². The van der Waals surface area contributed by atoms with Crippen LogP contribution in [0.15, 0.2) is 30.3 Å². The number of nitriles is 1. The van der Waals surface area contributed by atoms with Gasteiger partial charge in [-0.3, -0.25) is 4.79 Å². The molecule has 0 aliphatic heterocycles. The Bertz CT molecular complexity index is 354. The van der Waals surface area contributed by atoms with Crippen molar-refractivity contribution < 1.29 is 9.53 Å². The first-order valence-corrected chi connectivity index (χ1v) is 4.88. The molecule has 0 radical (unpaired) electrons. The van der Waals surface area contributed by atoms with Gasteiger partial charge in [0.2, 0.25) is 0 Å². The first-order chi connectivity index (χ1) is 7.29. The number of carbonyl (C=O) groups excluding carboxylic acids is 1. The summed E-state index contributed by atoms with van der Waals surface area (Å²) in [6.45, 7) is 2.10. The van der Waals surface area contributed by atoms with E-state index >= 15 is 0 Å². The van der Waals surface area contributed by atoms with Crippen molar-refractivity contribution in [3.8, 4) is 6.07 Å². The summed E-state index contributed by atoms with van der Waals surface area (Å²) < 4.78 is 4.92. The van der Waals surface area contributed by atoms with Gasteiger partial charge in [-0.15, -0.1) is 0 Å². The van der Waals surface area contributed by atoms with Crippen LogP contribution < -0.4 is 0 Å². The van der Waals surface area contributed by atoms with E-state index in [1.165, 1.54) is 0 Å². The van der Waals surface area contributed by atoms with Crippen LogP contribution in [0.4, 0.5) is 0 Å². The molecule has 1 atom stereocenters. The van der Waals surface area contributed by atoms with Gasteiger partial charge in [0.15, 0.2) is 0 Å². The lowest BCUT2D eigenvalue weighted by Gasteiger charge is -2.12. The first-order valence-electron chi connectivity index (χ1n) is 4.88. The minimum atomic E-state index is -0.462. The number of nitrogens with zero attached hydrogens (tertiary/aromatic N) is 1. The minimum absolute atomic E-state index is 0.156. The zero-order valence-corrected chi connectivity index (χ0v) is 8.64. The van der Waals surface area contributed by atoms with Gasteiger partial charge in [0.05, 0.1) is 25.0 Å². The van der Waals surface area contributed by atoms with Crippen molar-refractivity contribution in [3.05, 3.63) is 35.9 Å². The predicted octanol–water partition coefficient (Wildman–Crippen LogP) is 2.25. The third kappa shape index (κ3) is 3.10. The summed E-state index contributed by atoms with van der Waals surface area (Å²) in [4.78, 5) is 11.6. The highest BCUT2D eigenvalue weighted by Crippen LogP contribution is 2.20. The maximum atomic E-state index is 11.6. The van der Waals surface area contributed by atoms with Gasteiger partial charge in [0, 0.05) is 0 Å². The Hall–Kier alpha value is -1.82. The number of carbonyl (C=O) groups is 1. The maximum Gasteiger partial charge on any atom is 0.314 e. The minimum Gasteiger partial charge on any atom is -0.465 e. The molecule has 1 rings (SSSR count). The molecule has 0 bridgehead atoms. The molecule has 3 nitrogen and oxygen atoms in total. The fourth-order valence-electron chi connectivity index (χ4n) is 1.36. The molecule has 0 saturated carbocycles. The molecule has 0 aliphatic rings. The van der Waals surface area contributed by atoms with Gasteiger partial charge in [-0.1, -0.05) is 30.3 Å². The van der Waals surface area contributed by atoms with Crippen molar-refractivity contribution in [2.24, 2.45) is 0 Å². The summed E-state index contributed by atoms with van der Waals surface area (Å²) in [7, 11) is 0. The summed E-state index contributed by atoms with van der Waals surface area (Å²) in [5.74, 6) is -0.790. The van der Waals surface area contributed by atoms with Crippen LogP contribution in [-0.2, 0) is 9.53 Å². The van der Waals surface area contributed by atoms with E-state index in [2.05, 4.69) is 0 Å². The fourth-order valence-corrected chi connectivity index (χ4v) is 1.36. The van der Waals surface area contributed by atoms with E-state index < -0.39 is 5.92 Å². The Kier molecular flexibility index (Phi) is 4.36. The van der Waals surface area contributed by atoms with Crippen molar-refractivity contribution in [1.29, 1.82) is 5.26 Å². The molecule has 0 spiro atoms. The smallest absolute Gasteiger partial charge is 0.314 e. The number of ether oxygens (including phenoxy) is 1. The number of esters is 1. The van der Waals surface area contributed by atoms with Crippen LogP contribution in [0.2, 0.25) is 0 Å². The number of benzene rings is 1. The quantitative estimate of drug-likeness (QED) is 0.705. The lowest BCUT2D eigenvalue weighted by molar-refractivity contribution is -0.144. The molecule has 0 heterocycles. The second-order valence-electron chi connectivity index (χ2n) is 3.08. The largest absolute Gasteiger partial charge is 0.465 e. The molecule has 0 saturated heterocycles. The highest BCUT2D eigenvalue weighted by molar-refractivity contribution is 5.78. The summed E-state index contributed by atoms with van der Waals surface area (Å²) in [6.07, 6.45) is 0.156. The van der Waals surface area contributed by atoms with E-state index in [1.807, 2.05) is 36.4 Å². The van der Waals surface area contributed by atoms with Crippen LogP contribution in [0.3, 0.4) is 0 Å². The summed E-state index contributed by atoms with van der Waals surface area (Å²) >= 11 is 0. The normalized spacial score (nSPS) is 11.5. The fraction of sp³-hybridized carbons (Fsp3) is 0.333. The van der Waals surface area contributed by atoms with E-state index in [-0.39, 0.29) is 12.4 Å². The Morgan fingerprint density at radius 3 is 2.67 bits per heavy atom. The molecule has 1 aromatic rings. The molecule has 0 fully saturated rings. The second-order valence-corrected chi connectivity index (χ2v) is 3.08.